The lowest BCUT2D eigenvalue weighted by Crippen LogP contribution is -2.37. The van der Waals surface area contributed by atoms with Crippen LogP contribution in [0, 0.1) is 0 Å². The van der Waals surface area contributed by atoms with Crippen LogP contribution in [0.4, 0.5) is 5.69 Å². The number of rotatable bonds is 5. The molecule has 144 valence electrons. The first-order valence-corrected chi connectivity index (χ1v) is 8.98. The van der Waals surface area contributed by atoms with E-state index in [0.29, 0.717) is 11.5 Å². The zero-order chi connectivity index (χ0) is 19.5. The molecular formula is C20H19N3O5. The van der Waals surface area contributed by atoms with Gasteiger partial charge in [0.2, 0.25) is 6.79 Å². The van der Waals surface area contributed by atoms with Crippen molar-refractivity contribution < 1.29 is 23.9 Å². The molecule has 1 fully saturated rings. The molecule has 0 atom stereocenters. The van der Waals surface area contributed by atoms with E-state index in [1.165, 1.54) is 0 Å². The maximum absolute atomic E-state index is 12.6. The van der Waals surface area contributed by atoms with Gasteiger partial charge in [0.25, 0.3) is 5.91 Å². The SMILES string of the molecule is O=C(Nc1ccccc1C(=O)NCc1ccc2c(c1)OCO2)C(=O)NC1CC1. The molecule has 1 heterocycles. The lowest BCUT2D eigenvalue weighted by molar-refractivity contribution is -0.136. The van der Waals surface area contributed by atoms with Crippen LogP contribution in [-0.2, 0) is 16.1 Å². The molecule has 8 nitrogen and oxygen atoms in total. The Kier molecular flexibility index (Phi) is 4.84. The minimum Gasteiger partial charge on any atom is -0.454 e. The van der Waals surface area contributed by atoms with Gasteiger partial charge in [-0.15, -0.1) is 0 Å². The molecule has 2 aliphatic rings. The van der Waals surface area contributed by atoms with Gasteiger partial charge < -0.3 is 25.4 Å². The number of ether oxygens (including phenoxy) is 2. The molecule has 0 unspecified atom stereocenters. The van der Waals surface area contributed by atoms with E-state index in [2.05, 4.69) is 16.0 Å². The molecule has 1 aliphatic heterocycles. The fourth-order valence-corrected chi connectivity index (χ4v) is 2.78. The number of amides is 3. The van der Waals surface area contributed by atoms with Crippen molar-refractivity contribution in [1.29, 1.82) is 0 Å². The molecule has 0 aromatic heterocycles. The topological polar surface area (TPSA) is 106 Å². The number of benzene rings is 2. The van der Waals surface area contributed by atoms with Crippen molar-refractivity contribution >= 4 is 23.4 Å². The number of anilines is 1. The van der Waals surface area contributed by atoms with Gasteiger partial charge in [-0.05, 0) is 42.7 Å². The van der Waals surface area contributed by atoms with Crippen LogP contribution in [0.3, 0.4) is 0 Å². The monoisotopic (exact) mass is 381 g/mol. The average Bonchev–Trinajstić information content (AvgIpc) is 3.39. The lowest BCUT2D eigenvalue weighted by atomic mass is 10.1. The predicted molar refractivity (Wildman–Crippen MR) is 100.0 cm³/mol. The van der Waals surface area contributed by atoms with E-state index in [1.54, 1.807) is 36.4 Å². The molecule has 4 rings (SSSR count). The van der Waals surface area contributed by atoms with Crippen molar-refractivity contribution in [3.63, 3.8) is 0 Å². The summed E-state index contributed by atoms with van der Waals surface area (Å²) in [6, 6.07) is 12.1. The van der Waals surface area contributed by atoms with Crippen LogP contribution >= 0.6 is 0 Å². The first kappa shape index (κ1) is 17.8. The molecule has 8 heteroatoms. The van der Waals surface area contributed by atoms with Gasteiger partial charge in [-0.3, -0.25) is 14.4 Å². The summed E-state index contributed by atoms with van der Waals surface area (Å²) >= 11 is 0. The highest BCUT2D eigenvalue weighted by Gasteiger charge is 2.27. The highest BCUT2D eigenvalue weighted by molar-refractivity contribution is 6.40. The maximum Gasteiger partial charge on any atom is 0.313 e. The van der Waals surface area contributed by atoms with E-state index in [4.69, 9.17) is 9.47 Å². The van der Waals surface area contributed by atoms with Gasteiger partial charge in [-0.25, -0.2) is 0 Å². The highest BCUT2D eigenvalue weighted by atomic mass is 16.7. The Morgan fingerprint density at radius 2 is 1.75 bits per heavy atom. The lowest BCUT2D eigenvalue weighted by Gasteiger charge is -2.11. The molecular weight excluding hydrogens is 362 g/mol. The van der Waals surface area contributed by atoms with Crippen LogP contribution in [0.25, 0.3) is 0 Å². The number of carbonyl (C=O) groups excluding carboxylic acids is 3. The van der Waals surface area contributed by atoms with Gasteiger partial charge in [0.15, 0.2) is 11.5 Å². The van der Waals surface area contributed by atoms with E-state index >= 15 is 0 Å². The van der Waals surface area contributed by atoms with E-state index in [1.807, 2.05) is 6.07 Å². The Hall–Kier alpha value is -3.55. The number of fused-ring (bicyclic) bond motifs is 1. The fraction of sp³-hybridized carbons (Fsp3) is 0.250. The first-order valence-electron chi connectivity index (χ1n) is 8.98. The van der Waals surface area contributed by atoms with E-state index in [9.17, 15) is 14.4 Å². The summed E-state index contributed by atoms with van der Waals surface area (Å²) in [7, 11) is 0. The third-order valence-electron chi connectivity index (χ3n) is 4.43. The Morgan fingerprint density at radius 1 is 0.964 bits per heavy atom. The summed E-state index contributed by atoms with van der Waals surface area (Å²) in [6.45, 7) is 0.465. The minimum atomic E-state index is -0.789. The number of hydrogen-bond acceptors (Lipinski definition) is 5. The summed E-state index contributed by atoms with van der Waals surface area (Å²) in [5.41, 5.74) is 1.40. The summed E-state index contributed by atoms with van der Waals surface area (Å²) in [5.74, 6) is -0.536. The summed E-state index contributed by atoms with van der Waals surface area (Å²) in [5, 5.41) is 7.93. The highest BCUT2D eigenvalue weighted by Crippen LogP contribution is 2.32. The summed E-state index contributed by atoms with van der Waals surface area (Å²) in [4.78, 5) is 36.5. The van der Waals surface area contributed by atoms with Gasteiger partial charge >= 0.3 is 11.8 Å². The van der Waals surface area contributed by atoms with Crippen LogP contribution in [0.1, 0.15) is 28.8 Å². The normalized spacial score (nSPS) is 14.3. The molecule has 0 bridgehead atoms. The van der Waals surface area contributed by atoms with E-state index in [-0.39, 0.29) is 36.5 Å². The summed E-state index contributed by atoms with van der Waals surface area (Å²) < 4.78 is 10.6. The standard InChI is InChI=1S/C20H19N3O5/c24-18(21-10-12-5-8-16-17(9-12)28-11-27-16)14-3-1-2-4-15(14)23-20(26)19(25)22-13-6-7-13/h1-5,8-9,13H,6-7,10-11H2,(H,21,24)(H,22,25)(H,23,26). The van der Waals surface area contributed by atoms with Crippen molar-refractivity contribution in [2.45, 2.75) is 25.4 Å². The second-order valence-electron chi connectivity index (χ2n) is 6.62. The van der Waals surface area contributed by atoms with Crippen molar-refractivity contribution in [1.82, 2.24) is 10.6 Å². The minimum absolute atomic E-state index is 0.0819. The zero-order valence-electron chi connectivity index (χ0n) is 15.0. The number of carbonyl (C=O) groups is 3. The molecule has 0 spiro atoms. The Balaban J connectivity index is 1.40. The molecule has 3 N–H and O–H groups in total. The third kappa shape index (κ3) is 4.06. The second kappa shape index (κ2) is 7.59. The molecule has 1 aliphatic carbocycles. The van der Waals surface area contributed by atoms with Crippen LogP contribution in [0.2, 0.25) is 0 Å². The van der Waals surface area contributed by atoms with Crippen molar-refractivity contribution in [3.05, 3.63) is 53.6 Å². The molecule has 0 radical (unpaired) electrons. The zero-order valence-corrected chi connectivity index (χ0v) is 15.0. The largest absolute Gasteiger partial charge is 0.454 e. The van der Waals surface area contributed by atoms with Crippen LogP contribution < -0.4 is 25.4 Å². The number of nitrogens with one attached hydrogen (secondary N) is 3. The number of hydrogen-bond donors (Lipinski definition) is 3. The molecule has 1 saturated carbocycles. The Labute approximate surface area is 161 Å². The number of para-hydroxylation sites is 1. The van der Waals surface area contributed by atoms with Crippen LogP contribution in [-0.4, -0.2) is 30.6 Å². The van der Waals surface area contributed by atoms with Gasteiger partial charge in [0, 0.05) is 12.6 Å². The Morgan fingerprint density at radius 3 is 2.57 bits per heavy atom. The molecule has 2 aromatic carbocycles. The summed E-state index contributed by atoms with van der Waals surface area (Å²) in [6.07, 6.45) is 1.77. The van der Waals surface area contributed by atoms with E-state index < -0.39 is 11.8 Å². The fourth-order valence-electron chi connectivity index (χ4n) is 2.78. The van der Waals surface area contributed by atoms with E-state index in [0.717, 1.165) is 18.4 Å². The first-order chi connectivity index (χ1) is 13.6. The van der Waals surface area contributed by atoms with Gasteiger partial charge in [0.05, 0.1) is 11.3 Å². The molecule has 2 aromatic rings. The van der Waals surface area contributed by atoms with Crippen LogP contribution in [0.5, 0.6) is 11.5 Å². The van der Waals surface area contributed by atoms with Crippen molar-refractivity contribution in [2.24, 2.45) is 0 Å². The Bertz CT molecular complexity index is 939. The van der Waals surface area contributed by atoms with Crippen molar-refractivity contribution in [3.8, 4) is 11.5 Å². The molecule has 28 heavy (non-hydrogen) atoms. The third-order valence-corrected chi connectivity index (χ3v) is 4.43. The van der Waals surface area contributed by atoms with Gasteiger partial charge in [-0.2, -0.15) is 0 Å². The van der Waals surface area contributed by atoms with Gasteiger partial charge in [0.1, 0.15) is 0 Å². The molecule has 3 amide bonds. The van der Waals surface area contributed by atoms with Gasteiger partial charge in [-0.1, -0.05) is 18.2 Å². The molecule has 0 saturated heterocycles. The quantitative estimate of drug-likeness (QED) is 0.682. The maximum atomic E-state index is 12.6. The second-order valence-corrected chi connectivity index (χ2v) is 6.62. The average molecular weight is 381 g/mol. The van der Waals surface area contributed by atoms with Crippen LogP contribution in [0.15, 0.2) is 42.5 Å². The predicted octanol–water partition coefficient (Wildman–Crippen LogP) is 1.56. The van der Waals surface area contributed by atoms with Crippen molar-refractivity contribution in [2.75, 3.05) is 12.1 Å². The smallest absolute Gasteiger partial charge is 0.313 e.